The molecule has 25 heavy (non-hydrogen) atoms. The molecule has 2 atom stereocenters. The summed E-state index contributed by atoms with van der Waals surface area (Å²) in [5.41, 5.74) is 0.825. The molecule has 1 fully saturated rings. The maximum atomic E-state index is 12.8. The van der Waals surface area contributed by atoms with Crippen LogP contribution in [0.2, 0.25) is 0 Å². The molecule has 2 aliphatic rings. The molecule has 1 saturated heterocycles. The first-order chi connectivity index (χ1) is 12.1. The quantitative estimate of drug-likeness (QED) is 0.473. The maximum absolute atomic E-state index is 12.8. The molecule has 0 unspecified atom stereocenters. The molecule has 3 heterocycles. The number of oxime groups is 1. The number of pyridine rings is 1. The first kappa shape index (κ1) is 14.9. The third-order valence-corrected chi connectivity index (χ3v) is 4.07. The SMILES string of the molecule is O=C1[C@H]2C(c3cccnc3)=NO[C@H]2C(=O)N1c1cccc([N+](=O)[O-])c1. The largest absolute Gasteiger partial charge is 0.381 e. The molecule has 124 valence electrons. The third-order valence-electron chi connectivity index (χ3n) is 4.07. The zero-order valence-corrected chi connectivity index (χ0v) is 12.6. The second kappa shape index (κ2) is 5.48. The van der Waals surface area contributed by atoms with E-state index in [1.54, 1.807) is 18.3 Å². The number of benzene rings is 1. The smallest absolute Gasteiger partial charge is 0.278 e. The Kier molecular flexibility index (Phi) is 3.27. The normalized spacial score (nSPS) is 21.8. The molecule has 0 radical (unpaired) electrons. The molecular formula is C16H10N4O5. The Bertz CT molecular complexity index is 927. The molecular weight excluding hydrogens is 328 g/mol. The van der Waals surface area contributed by atoms with Crippen LogP contribution in [0.15, 0.2) is 53.9 Å². The average Bonchev–Trinajstić information content (AvgIpc) is 3.16. The number of hydrogen-bond donors (Lipinski definition) is 0. The van der Waals surface area contributed by atoms with E-state index in [-0.39, 0.29) is 11.4 Å². The lowest BCUT2D eigenvalue weighted by molar-refractivity contribution is -0.384. The van der Waals surface area contributed by atoms with E-state index < -0.39 is 28.8 Å². The molecule has 2 aliphatic heterocycles. The van der Waals surface area contributed by atoms with E-state index in [9.17, 15) is 19.7 Å². The fraction of sp³-hybridized carbons (Fsp3) is 0.125. The lowest BCUT2D eigenvalue weighted by Gasteiger charge is -2.15. The number of carbonyl (C=O) groups is 2. The van der Waals surface area contributed by atoms with Crippen LogP contribution in [0, 0.1) is 16.0 Å². The molecule has 1 aromatic carbocycles. The van der Waals surface area contributed by atoms with Crippen molar-refractivity contribution in [3.05, 3.63) is 64.5 Å². The fourth-order valence-electron chi connectivity index (χ4n) is 2.93. The number of hydrogen-bond acceptors (Lipinski definition) is 7. The van der Waals surface area contributed by atoms with Gasteiger partial charge in [-0.3, -0.25) is 24.7 Å². The highest BCUT2D eigenvalue weighted by Gasteiger charge is 2.56. The van der Waals surface area contributed by atoms with Crippen molar-refractivity contribution < 1.29 is 19.3 Å². The van der Waals surface area contributed by atoms with Gasteiger partial charge < -0.3 is 4.84 Å². The van der Waals surface area contributed by atoms with Gasteiger partial charge in [0, 0.05) is 30.1 Å². The second-order valence-electron chi connectivity index (χ2n) is 5.51. The molecule has 1 aromatic heterocycles. The lowest BCUT2D eigenvalue weighted by atomic mass is 9.95. The summed E-state index contributed by atoms with van der Waals surface area (Å²) in [4.78, 5) is 45.8. The Hall–Kier alpha value is -3.62. The van der Waals surface area contributed by atoms with Gasteiger partial charge in [0.2, 0.25) is 12.0 Å². The van der Waals surface area contributed by atoms with Crippen LogP contribution >= 0.6 is 0 Å². The number of nitro groups is 1. The second-order valence-corrected chi connectivity index (χ2v) is 5.51. The van der Waals surface area contributed by atoms with Gasteiger partial charge in [-0.05, 0) is 18.2 Å². The van der Waals surface area contributed by atoms with E-state index >= 15 is 0 Å². The number of fused-ring (bicyclic) bond motifs is 1. The van der Waals surface area contributed by atoms with Gasteiger partial charge in [0.15, 0.2) is 0 Å². The van der Waals surface area contributed by atoms with Gasteiger partial charge in [-0.1, -0.05) is 11.2 Å². The third kappa shape index (κ3) is 2.24. The van der Waals surface area contributed by atoms with Crippen LogP contribution in [0.5, 0.6) is 0 Å². The minimum atomic E-state index is -1.07. The molecule has 2 amide bonds. The van der Waals surface area contributed by atoms with E-state index in [2.05, 4.69) is 10.1 Å². The highest BCUT2D eigenvalue weighted by molar-refractivity contribution is 6.32. The zero-order chi connectivity index (χ0) is 17.6. The van der Waals surface area contributed by atoms with Gasteiger partial charge in [-0.2, -0.15) is 0 Å². The van der Waals surface area contributed by atoms with E-state index in [4.69, 9.17) is 4.84 Å². The first-order valence-electron chi connectivity index (χ1n) is 7.34. The highest BCUT2D eigenvalue weighted by atomic mass is 16.7. The van der Waals surface area contributed by atoms with Gasteiger partial charge in [0.05, 0.1) is 10.6 Å². The molecule has 0 aliphatic carbocycles. The van der Waals surface area contributed by atoms with Crippen molar-refractivity contribution in [1.29, 1.82) is 0 Å². The van der Waals surface area contributed by atoms with Crippen LogP contribution in [0.1, 0.15) is 5.56 Å². The molecule has 0 bridgehead atoms. The zero-order valence-electron chi connectivity index (χ0n) is 12.6. The molecule has 9 heteroatoms. The number of nitro benzene ring substituents is 1. The Labute approximate surface area is 140 Å². The number of imide groups is 1. The van der Waals surface area contributed by atoms with Crippen LogP contribution in [-0.2, 0) is 14.4 Å². The molecule has 0 spiro atoms. The standard InChI is InChI=1S/C16H10N4O5/c21-15-12-13(9-3-2-6-17-8-9)18-25-14(12)16(22)19(15)10-4-1-5-11(7-10)20(23)24/h1-8,12,14H/t12-,14+/m0/s1. The number of rotatable bonds is 3. The van der Waals surface area contributed by atoms with Gasteiger partial charge in [-0.25, -0.2) is 4.90 Å². The van der Waals surface area contributed by atoms with Crippen LogP contribution in [-0.4, -0.2) is 33.5 Å². The predicted octanol–water partition coefficient (Wildman–Crippen LogP) is 1.28. The number of nitrogens with zero attached hydrogens (tertiary/aromatic N) is 4. The van der Waals surface area contributed by atoms with E-state index in [1.165, 1.54) is 30.5 Å². The van der Waals surface area contributed by atoms with Crippen LogP contribution < -0.4 is 4.90 Å². The number of anilines is 1. The summed E-state index contributed by atoms with van der Waals surface area (Å²) in [5, 5.41) is 14.8. The summed E-state index contributed by atoms with van der Waals surface area (Å²) in [6.45, 7) is 0. The summed E-state index contributed by atoms with van der Waals surface area (Å²) in [6.07, 6.45) is 2.04. The monoisotopic (exact) mass is 338 g/mol. The highest BCUT2D eigenvalue weighted by Crippen LogP contribution is 2.35. The van der Waals surface area contributed by atoms with E-state index in [0.717, 1.165) is 4.90 Å². The predicted molar refractivity (Wildman–Crippen MR) is 84.7 cm³/mol. The minimum absolute atomic E-state index is 0.132. The van der Waals surface area contributed by atoms with Crippen LogP contribution in [0.25, 0.3) is 0 Å². The minimum Gasteiger partial charge on any atom is -0.381 e. The van der Waals surface area contributed by atoms with Crippen LogP contribution in [0.4, 0.5) is 11.4 Å². The number of carbonyl (C=O) groups excluding carboxylic acids is 2. The summed E-state index contributed by atoms with van der Waals surface area (Å²) in [7, 11) is 0. The summed E-state index contributed by atoms with van der Waals surface area (Å²) < 4.78 is 0. The topological polar surface area (TPSA) is 115 Å². The molecule has 4 rings (SSSR count). The van der Waals surface area contributed by atoms with Gasteiger partial charge in [-0.15, -0.1) is 0 Å². The number of non-ortho nitro benzene ring substituents is 1. The summed E-state index contributed by atoms with van der Waals surface area (Å²) in [5.74, 6) is -2.02. The maximum Gasteiger partial charge on any atom is 0.278 e. The van der Waals surface area contributed by atoms with Crippen molar-refractivity contribution in [2.24, 2.45) is 11.1 Å². The van der Waals surface area contributed by atoms with Gasteiger partial charge >= 0.3 is 0 Å². The lowest BCUT2D eigenvalue weighted by Crippen LogP contribution is -2.33. The Morgan fingerprint density at radius 3 is 2.72 bits per heavy atom. The Morgan fingerprint density at radius 1 is 1.16 bits per heavy atom. The van der Waals surface area contributed by atoms with Crippen LogP contribution in [0.3, 0.4) is 0 Å². The molecule has 2 aromatic rings. The Balaban J connectivity index is 1.71. The van der Waals surface area contributed by atoms with Gasteiger partial charge in [0.25, 0.3) is 11.6 Å². The van der Waals surface area contributed by atoms with Crippen molar-refractivity contribution in [3.8, 4) is 0 Å². The fourth-order valence-corrected chi connectivity index (χ4v) is 2.93. The molecule has 9 nitrogen and oxygen atoms in total. The van der Waals surface area contributed by atoms with Crippen molar-refractivity contribution >= 4 is 28.9 Å². The number of aromatic nitrogens is 1. The Morgan fingerprint density at radius 2 is 2.00 bits per heavy atom. The number of amides is 2. The van der Waals surface area contributed by atoms with Crippen molar-refractivity contribution in [2.75, 3.05) is 4.90 Å². The summed E-state index contributed by atoms with van der Waals surface area (Å²) in [6, 6.07) is 8.74. The van der Waals surface area contributed by atoms with E-state index in [0.29, 0.717) is 11.3 Å². The van der Waals surface area contributed by atoms with Crippen molar-refractivity contribution in [3.63, 3.8) is 0 Å². The van der Waals surface area contributed by atoms with Crippen molar-refractivity contribution in [2.45, 2.75) is 6.10 Å². The molecule has 0 N–H and O–H groups in total. The molecule has 0 saturated carbocycles. The van der Waals surface area contributed by atoms with Crippen molar-refractivity contribution in [1.82, 2.24) is 4.98 Å². The average molecular weight is 338 g/mol. The van der Waals surface area contributed by atoms with Gasteiger partial charge in [0.1, 0.15) is 11.6 Å². The first-order valence-corrected chi connectivity index (χ1v) is 7.34. The van der Waals surface area contributed by atoms with E-state index in [1.807, 2.05) is 0 Å². The summed E-state index contributed by atoms with van der Waals surface area (Å²) >= 11 is 0.